The SMILES string of the molecule is FC(F)Oc1ccc(Br)cc1CNCc1ccc(Cl)cc1. The van der Waals surface area contributed by atoms with E-state index in [-0.39, 0.29) is 5.75 Å². The lowest BCUT2D eigenvalue weighted by Crippen LogP contribution is -2.14. The van der Waals surface area contributed by atoms with Gasteiger partial charge in [-0.25, -0.2) is 0 Å². The Kier molecular flexibility index (Phi) is 5.96. The number of hydrogen-bond acceptors (Lipinski definition) is 2. The Morgan fingerprint density at radius 3 is 2.48 bits per heavy atom. The lowest BCUT2D eigenvalue weighted by Gasteiger charge is -2.12. The molecule has 0 spiro atoms. The summed E-state index contributed by atoms with van der Waals surface area (Å²) in [7, 11) is 0. The summed E-state index contributed by atoms with van der Waals surface area (Å²) in [5.74, 6) is 0.178. The molecule has 112 valence electrons. The molecule has 0 bridgehead atoms. The van der Waals surface area contributed by atoms with Crippen LogP contribution in [0.25, 0.3) is 0 Å². The van der Waals surface area contributed by atoms with Crippen LogP contribution < -0.4 is 10.1 Å². The second kappa shape index (κ2) is 7.73. The zero-order valence-electron chi connectivity index (χ0n) is 11.0. The van der Waals surface area contributed by atoms with Crippen LogP contribution in [0.1, 0.15) is 11.1 Å². The van der Waals surface area contributed by atoms with Gasteiger partial charge in [-0.2, -0.15) is 8.78 Å². The van der Waals surface area contributed by atoms with Crippen molar-refractivity contribution in [2.24, 2.45) is 0 Å². The van der Waals surface area contributed by atoms with Crippen LogP contribution in [0.3, 0.4) is 0 Å². The van der Waals surface area contributed by atoms with Crippen molar-refractivity contribution in [1.82, 2.24) is 5.32 Å². The lowest BCUT2D eigenvalue weighted by atomic mass is 10.2. The molecule has 0 radical (unpaired) electrons. The molecular weight excluding hydrogens is 364 g/mol. The molecule has 2 rings (SSSR count). The Hall–Kier alpha value is -1.17. The van der Waals surface area contributed by atoms with Crippen molar-refractivity contribution in [2.75, 3.05) is 0 Å². The van der Waals surface area contributed by atoms with E-state index in [0.29, 0.717) is 23.7 Å². The Morgan fingerprint density at radius 1 is 1.10 bits per heavy atom. The molecule has 2 nitrogen and oxygen atoms in total. The molecule has 2 aromatic carbocycles. The van der Waals surface area contributed by atoms with Gasteiger partial charge < -0.3 is 10.1 Å². The predicted octanol–water partition coefficient (Wildman–Crippen LogP) is 4.99. The molecule has 0 aliphatic rings. The van der Waals surface area contributed by atoms with Gasteiger partial charge in [0.15, 0.2) is 0 Å². The minimum atomic E-state index is -2.83. The zero-order chi connectivity index (χ0) is 15.2. The van der Waals surface area contributed by atoms with Crippen LogP contribution in [0.15, 0.2) is 46.9 Å². The smallest absolute Gasteiger partial charge is 0.387 e. The first kappa shape index (κ1) is 16.2. The number of halogens is 4. The predicted molar refractivity (Wildman–Crippen MR) is 82.8 cm³/mol. The quantitative estimate of drug-likeness (QED) is 0.766. The van der Waals surface area contributed by atoms with Crippen LogP contribution in [0.4, 0.5) is 8.78 Å². The van der Waals surface area contributed by atoms with E-state index in [2.05, 4.69) is 26.0 Å². The molecule has 0 aliphatic carbocycles. The van der Waals surface area contributed by atoms with E-state index in [9.17, 15) is 8.78 Å². The van der Waals surface area contributed by atoms with E-state index in [0.717, 1.165) is 10.0 Å². The lowest BCUT2D eigenvalue weighted by molar-refractivity contribution is -0.0505. The van der Waals surface area contributed by atoms with E-state index in [1.165, 1.54) is 6.07 Å². The minimum absolute atomic E-state index is 0.178. The first-order chi connectivity index (χ1) is 10.0. The molecule has 0 fully saturated rings. The Bertz CT molecular complexity index is 593. The molecule has 0 saturated carbocycles. The fourth-order valence-corrected chi connectivity index (χ4v) is 2.38. The van der Waals surface area contributed by atoms with Gasteiger partial charge in [0.25, 0.3) is 0 Å². The third-order valence-electron chi connectivity index (χ3n) is 2.80. The second-order valence-electron chi connectivity index (χ2n) is 4.36. The van der Waals surface area contributed by atoms with Gasteiger partial charge in [0, 0.05) is 28.1 Å². The van der Waals surface area contributed by atoms with Gasteiger partial charge >= 0.3 is 6.61 Å². The van der Waals surface area contributed by atoms with Crippen LogP contribution in [0, 0.1) is 0 Å². The molecular formula is C15H13BrClF2NO. The Morgan fingerprint density at radius 2 is 1.81 bits per heavy atom. The number of hydrogen-bond donors (Lipinski definition) is 1. The van der Waals surface area contributed by atoms with Crippen LogP contribution in [-0.2, 0) is 13.1 Å². The van der Waals surface area contributed by atoms with E-state index >= 15 is 0 Å². The summed E-state index contributed by atoms with van der Waals surface area (Å²) >= 11 is 9.14. The summed E-state index contributed by atoms with van der Waals surface area (Å²) in [4.78, 5) is 0. The third kappa shape index (κ3) is 5.26. The Labute approximate surface area is 135 Å². The third-order valence-corrected chi connectivity index (χ3v) is 3.54. The van der Waals surface area contributed by atoms with Gasteiger partial charge in [0.2, 0.25) is 0 Å². The molecule has 0 heterocycles. The van der Waals surface area contributed by atoms with Gasteiger partial charge in [-0.15, -0.1) is 0 Å². The fourth-order valence-electron chi connectivity index (χ4n) is 1.84. The van der Waals surface area contributed by atoms with Crippen molar-refractivity contribution >= 4 is 27.5 Å². The average molecular weight is 377 g/mol. The molecule has 0 aliphatic heterocycles. The standard InChI is InChI=1S/C15H13BrClF2NO/c16-12-3-6-14(21-15(18)19)11(7-12)9-20-8-10-1-4-13(17)5-2-10/h1-7,15,20H,8-9H2. The number of ether oxygens (including phenoxy) is 1. The molecule has 0 amide bonds. The maximum absolute atomic E-state index is 12.4. The molecule has 21 heavy (non-hydrogen) atoms. The number of rotatable bonds is 6. The molecule has 2 aromatic rings. The van der Waals surface area contributed by atoms with Gasteiger partial charge in [-0.05, 0) is 35.9 Å². The highest BCUT2D eigenvalue weighted by molar-refractivity contribution is 9.10. The number of alkyl halides is 2. The van der Waals surface area contributed by atoms with Gasteiger partial charge in [0.1, 0.15) is 5.75 Å². The fraction of sp³-hybridized carbons (Fsp3) is 0.200. The summed E-state index contributed by atoms with van der Waals surface area (Å²) in [6.45, 7) is -1.80. The maximum atomic E-state index is 12.4. The largest absolute Gasteiger partial charge is 0.434 e. The maximum Gasteiger partial charge on any atom is 0.387 e. The average Bonchev–Trinajstić information content (AvgIpc) is 2.43. The molecule has 0 atom stereocenters. The van der Waals surface area contributed by atoms with Crippen molar-refractivity contribution in [3.8, 4) is 5.75 Å². The topological polar surface area (TPSA) is 21.3 Å². The van der Waals surface area contributed by atoms with Crippen LogP contribution >= 0.6 is 27.5 Å². The van der Waals surface area contributed by atoms with E-state index in [1.54, 1.807) is 12.1 Å². The molecule has 6 heteroatoms. The van der Waals surface area contributed by atoms with Crippen LogP contribution in [-0.4, -0.2) is 6.61 Å². The van der Waals surface area contributed by atoms with E-state index < -0.39 is 6.61 Å². The Balaban J connectivity index is 1.98. The van der Waals surface area contributed by atoms with Crippen molar-refractivity contribution in [2.45, 2.75) is 19.7 Å². The van der Waals surface area contributed by atoms with E-state index in [1.807, 2.05) is 24.3 Å². The monoisotopic (exact) mass is 375 g/mol. The summed E-state index contributed by atoms with van der Waals surface area (Å²) in [6, 6.07) is 12.4. The molecule has 1 N–H and O–H groups in total. The number of nitrogens with one attached hydrogen (secondary N) is 1. The van der Waals surface area contributed by atoms with Crippen molar-refractivity contribution in [3.63, 3.8) is 0 Å². The highest BCUT2D eigenvalue weighted by atomic mass is 79.9. The van der Waals surface area contributed by atoms with E-state index in [4.69, 9.17) is 11.6 Å². The van der Waals surface area contributed by atoms with Crippen LogP contribution in [0.5, 0.6) is 5.75 Å². The van der Waals surface area contributed by atoms with Crippen molar-refractivity contribution < 1.29 is 13.5 Å². The second-order valence-corrected chi connectivity index (χ2v) is 5.71. The summed E-state index contributed by atoms with van der Waals surface area (Å²) in [5, 5.41) is 3.87. The first-order valence-corrected chi connectivity index (χ1v) is 7.40. The summed E-state index contributed by atoms with van der Waals surface area (Å²) in [5.41, 5.74) is 1.73. The highest BCUT2D eigenvalue weighted by Gasteiger charge is 2.10. The highest BCUT2D eigenvalue weighted by Crippen LogP contribution is 2.24. The van der Waals surface area contributed by atoms with Crippen molar-refractivity contribution in [1.29, 1.82) is 0 Å². The summed E-state index contributed by atoms with van der Waals surface area (Å²) in [6.07, 6.45) is 0. The molecule has 0 aromatic heterocycles. The van der Waals surface area contributed by atoms with Gasteiger partial charge in [0.05, 0.1) is 0 Å². The number of benzene rings is 2. The summed E-state index contributed by atoms with van der Waals surface area (Å²) < 4.78 is 30.0. The minimum Gasteiger partial charge on any atom is -0.434 e. The van der Waals surface area contributed by atoms with Crippen LogP contribution in [0.2, 0.25) is 5.02 Å². The van der Waals surface area contributed by atoms with Crippen molar-refractivity contribution in [3.05, 3.63) is 63.1 Å². The normalized spacial score (nSPS) is 10.9. The van der Waals surface area contributed by atoms with Gasteiger partial charge in [-0.1, -0.05) is 39.7 Å². The van der Waals surface area contributed by atoms with Gasteiger partial charge in [-0.3, -0.25) is 0 Å². The molecule has 0 unspecified atom stereocenters. The molecule has 0 saturated heterocycles. The first-order valence-electron chi connectivity index (χ1n) is 6.23. The zero-order valence-corrected chi connectivity index (χ0v) is 13.3.